The summed E-state index contributed by atoms with van der Waals surface area (Å²) in [5, 5.41) is 10.2. The highest BCUT2D eigenvalue weighted by molar-refractivity contribution is 5.79. The molecule has 23 heavy (non-hydrogen) atoms. The summed E-state index contributed by atoms with van der Waals surface area (Å²) in [7, 11) is 0. The monoisotopic (exact) mass is 326 g/mol. The molecule has 0 aliphatic carbocycles. The number of halogens is 3. The van der Waals surface area contributed by atoms with Crippen LogP contribution in [0.4, 0.5) is 13.2 Å². The standard InChI is InChI=1S/C14H13F3N4O2/c15-9-5-11(17)10(16)3-8(9)4-14(22)19-12-6-23-7-13(12)21-2-1-18-20-21/h1-3,5,12-13H,4,6-7H2,(H,19,22)/t12-,13+/m0/s1. The van der Waals surface area contributed by atoms with Gasteiger partial charge in [0.25, 0.3) is 0 Å². The molecule has 1 aromatic carbocycles. The van der Waals surface area contributed by atoms with Crippen molar-refractivity contribution in [3.8, 4) is 0 Å². The minimum Gasteiger partial charge on any atom is -0.377 e. The Labute approximate surface area is 129 Å². The quantitative estimate of drug-likeness (QED) is 0.851. The lowest BCUT2D eigenvalue weighted by atomic mass is 10.1. The van der Waals surface area contributed by atoms with Crippen LogP contribution < -0.4 is 5.32 Å². The van der Waals surface area contributed by atoms with Crippen LogP contribution in [0.15, 0.2) is 24.5 Å². The molecule has 1 N–H and O–H groups in total. The van der Waals surface area contributed by atoms with Crippen molar-refractivity contribution >= 4 is 5.91 Å². The maximum atomic E-state index is 13.6. The molecule has 1 fully saturated rings. The van der Waals surface area contributed by atoms with E-state index in [1.807, 2.05) is 0 Å². The zero-order valence-corrected chi connectivity index (χ0v) is 11.9. The second-order valence-corrected chi connectivity index (χ2v) is 5.20. The second-order valence-electron chi connectivity index (χ2n) is 5.20. The topological polar surface area (TPSA) is 69.0 Å². The Hall–Kier alpha value is -2.42. The van der Waals surface area contributed by atoms with Gasteiger partial charge in [0.15, 0.2) is 11.6 Å². The van der Waals surface area contributed by atoms with Crippen LogP contribution in [0.25, 0.3) is 0 Å². The molecule has 0 radical (unpaired) electrons. The minimum atomic E-state index is -1.29. The Morgan fingerprint density at radius 2 is 2.04 bits per heavy atom. The number of carbonyl (C=O) groups excluding carboxylic acids is 1. The lowest BCUT2D eigenvalue weighted by Crippen LogP contribution is -2.41. The van der Waals surface area contributed by atoms with Gasteiger partial charge in [0.05, 0.1) is 37.9 Å². The van der Waals surface area contributed by atoms with Crippen LogP contribution in [0, 0.1) is 17.5 Å². The van der Waals surface area contributed by atoms with Crippen molar-refractivity contribution in [2.75, 3.05) is 13.2 Å². The largest absolute Gasteiger partial charge is 0.377 e. The Bertz CT molecular complexity index is 708. The van der Waals surface area contributed by atoms with E-state index < -0.39 is 29.8 Å². The molecule has 2 heterocycles. The molecule has 1 aromatic heterocycles. The summed E-state index contributed by atoms with van der Waals surface area (Å²) < 4.78 is 46.5. The zero-order valence-electron chi connectivity index (χ0n) is 11.9. The third-order valence-corrected chi connectivity index (χ3v) is 3.62. The first kappa shape index (κ1) is 15.5. The van der Waals surface area contributed by atoms with E-state index in [4.69, 9.17) is 4.74 Å². The van der Waals surface area contributed by atoms with Crippen LogP contribution in [-0.4, -0.2) is 40.2 Å². The highest BCUT2D eigenvalue weighted by atomic mass is 19.2. The smallest absolute Gasteiger partial charge is 0.224 e. The molecular weight excluding hydrogens is 313 g/mol. The molecule has 0 saturated carbocycles. The van der Waals surface area contributed by atoms with Crippen molar-refractivity contribution in [2.45, 2.75) is 18.5 Å². The average Bonchev–Trinajstić information content (AvgIpc) is 3.15. The number of benzene rings is 1. The highest BCUT2D eigenvalue weighted by Gasteiger charge is 2.31. The summed E-state index contributed by atoms with van der Waals surface area (Å²) in [4.78, 5) is 12.0. The molecule has 1 aliphatic heterocycles. The van der Waals surface area contributed by atoms with E-state index in [1.54, 1.807) is 10.9 Å². The van der Waals surface area contributed by atoms with E-state index in [0.29, 0.717) is 18.7 Å². The van der Waals surface area contributed by atoms with Crippen molar-refractivity contribution in [3.05, 3.63) is 47.5 Å². The van der Waals surface area contributed by atoms with Crippen LogP contribution in [0.1, 0.15) is 11.6 Å². The average molecular weight is 326 g/mol. The van der Waals surface area contributed by atoms with Gasteiger partial charge < -0.3 is 10.1 Å². The minimum absolute atomic E-state index is 0.211. The number of hydrogen-bond donors (Lipinski definition) is 1. The Balaban J connectivity index is 1.66. The highest BCUT2D eigenvalue weighted by Crippen LogP contribution is 2.19. The molecule has 3 rings (SSSR count). The fourth-order valence-electron chi connectivity index (χ4n) is 2.47. The number of amides is 1. The van der Waals surface area contributed by atoms with Crippen molar-refractivity contribution in [1.29, 1.82) is 0 Å². The third-order valence-electron chi connectivity index (χ3n) is 3.62. The maximum Gasteiger partial charge on any atom is 0.224 e. The Kier molecular flexibility index (Phi) is 4.28. The van der Waals surface area contributed by atoms with Crippen LogP contribution in [0.3, 0.4) is 0 Å². The number of hydrogen-bond acceptors (Lipinski definition) is 4. The van der Waals surface area contributed by atoms with Gasteiger partial charge in [-0.1, -0.05) is 5.21 Å². The van der Waals surface area contributed by atoms with E-state index >= 15 is 0 Å². The van der Waals surface area contributed by atoms with E-state index in [-0.39, 0.29) is 24.3 Å². The van der Waals surface area contributed by atoms with Gasteiger partial charge in [-0.05, 0) is 6.07 Å². The fourth-order valence-corrected chi connectivity index (χ4v) is 2.47. The van der Waals surface area contributed by atoms with Gasteiger partial charge in [-0.2, -0.15) is 0 Å². The van der Waals surface area contributed by atoms with Crippen molar-refractivity contribution < 1.29 is 22.7 Å². The molecule has 1 saturated heterocycles. The first-order valence-corrected chi connectivity index (χ1v) is 6.91. The van der Waals surface area contributed by atoms with E-state index in [9.17, 15) is 18.0 Å². The van der Waals surface area contributed by atoms with E-state index in [0.717, 1.165) is 0 Å². The summed E-state index contributed by atoms with van der Waals surface area (Å²) in [6, 6.07) is 0.521. The summed E-state index contributed by atoms with van der Waals surface area (Å²) >= 11 is 0. The van der Waals surface area contributed by atoms with E-state index in [1.165, 1.54) is 6.20 Å². The zero-order chi connectivity index (χ0) is 16.4. The van der Waals surface area contributed by atoms with Crippen molar-refractivity contribution in [3.63, 3.8) is 0 Å². The molecule has 2 aromatic rings. The summed E-state index contributed by atoms with van der Waals surface area (Å²) in [6.07, 6.45) is 2.75. The molecule has 1 amide bonds. The lowest BCUT2D eigenvalue weighted by Gasteiger charge is -2.19. The Morgan fingerprint density at radius 1 is 1.26 bits per heavy atom. The predicted octanol–water partition coefficient (Wildman–Crippen LogP) is 0.994. The predicted molar refractivity (Wildman–Crippen MR) is 71.8 cm³/mol. The van der Waals surface area contributed by atoms with Crippen molar-refractivity contribution in [1.82, 2.24) is 20.3 Å². The maximum absolute atomic E-state index is 13.6. The molecule has 9 heteroatoms. The number of nitrogens with zero attached hydrogens (tertiary/aromatic N) is 3. The molecule has 1 aliphatic rings. The van der Waals surface area contributed by atoms with Crippen LogP contribution >= 0.6 is 0 Å². The number of aromatic nitrogens is 3. The Morgan fingerprint density at radius 3 is 2.78 bits per heavy atom. The van der Waals surface area contributed by atoms with E-state index in [2.05, 4.69) is 15.6 Å². The first-order valence-electron chi connectivity index (χ1n) is 6.91. The SMILES string of the molecule is O=C(Cc1cc(F)c(F)cc1F)N[C@H]1COC[C@H]1n1ccnn1. The molecule has 6 nitrogen and oxygen atoms in total. The van der Waals surface area contributed by atoms with Crippen molar-refractivity contribution in [2.24, 2.45) is 0 Å². The second kappa shape index (κ2) is 6.37. The third kappa shape index (κ3) is 3.34. The summed E-state index contributed by atoms with van der Waals surface area (Å²) in [5.74, 6) is -3.97. The number of rotatable bonds is 4. The van der Waals surface area contributed by atoms with Gasteiger partial charge in [-0.25, -0.2) is 17.9 Å². The van der Waals surface area contributed by atoms with Gasteiger partial charge in [0, 0.05) is 17.8 Å². The molecule has 2 atom stereocenters. The van der Waals surface area contributed by atoms with Gasteiger partial charge in [0.1, 0.15) is 5.82 Å². The van der Waals surface area contributed by atoms with Crippen LogP contribution in [-0.2, 0) is 16.0 Å². The van der Waals surface area contributed by atoms with Crippen LogP contribution in [0.2, 0.25) is 0 Å². The molecule has 0 spiro atoms. The van der Waals surface area contributed by atoms with Crippen LogP contribution in [0.5, 0.6) is 0 Å². The summed E-state index contributed by atoms with van der Waals surface area (Å²) in [6.45, 7) is 0.629. The van der Waals surface area contributed by atoms with Gasteiger partial charge in [0.2, 0.25) is 5.91 Å². The molecule has 0 bridgehead atoms. The van der Waals surface area contributed by atoms with Gasteiger partial charge >= 0.3 is 0 Å². The normalized spacial score (nSPS) is 20.7. The lowest BCUT2D eigenvalue weighted by molar-refractivity contribution is -0.121. The summed E-state index contributed by atoms with van der Waals surface area (Å²) in [5.41, 5.74) is -0.211. The molecular formula is C14H13F3N4O2. The first-order chi connectivity index (χ1) is 11.0. The van der Waals surface area contributed by atoms with Gasteiger partial charge in [-0.15, -0.1) is 5.10 Å². The number of nitrogens with one attached hydrogen (secondary N) is 1. The number of carbonyl (C=O) groups is 1. The molecule has 122 valence electrons. The fraction of sp³-hybridized carbons (Fsp3) is 0.357. The molecule has 0 unspecified atom stereocenters. The number of ether oxygens (including phenoxy) is 1. The van der Waals surface area contributed by atoms with Gasteiger partial charge in [-0.3, -0.25) is 4.79 Å².